The van der Waals surface area contributed by atoms with Crippen LogP contribution in [0.25, 0.3) is 0 Å². The van der Waals surface area contributed by atoms with E-state index in [4.69, 9.17) is 5.73 Å². The fourth-order valence-electron chi connectivity index (χ4n) is 3.37. The van der Waals surface area contributed by atoms with Crippen molar-refractivity contribution in [2.75, 3.05) is 4.93 Å². The summed E-state index contributed by atoms with van der Waals surface area (Å²) in [6.45, 7) is 0. The first-order valence-corrected chi connectivity index (χ1v) is 30.5. The zero-order valence-corrected chi connectivity index (χ0v) is 38.5. The molecular weight excluding hydrogens is 1350 g/mol. The van der Waals surface area contributed by atoms with E-state index in [2.05, 4.69) is 156 Å². The monoisotopic (exact) mass is 1370 g/mol. The van der Waals surface area contributed by atoms with E-state index in [1.807, 2.05) is 11.0 Å². The predicted molar refractivity (Wildman–Crippen MR) is 219 cm³/mol. The number of nitrogens with zero attached hydrogens (tertiary/aromatic N) is 2. The Labute approximate surface area is 345 Å². The van der Waals surface area contributed by atoms with Crippen molar-refractivity contribution in [3.63, 3.8) is 0 Å². The van der Waals surface area contributed by atoms with Crippen LogP contribution in [0, 0.1) is 23.3 Å². The molecule has 0 fully saturated rings. The molecule has 0 saturated carbocycles. The van der Waals surface area contributed by atoms with Gasteiger partial charge in [-0.2, -0.15) is 0 Å². The molecule has 0 bridgehead atoms. The van der Waals surface area contributed by atoms with E-state index in [0.29, 0.717) is 31.4 Å². The molecule has 246 valence electrons. The molecule has 0 unspecified atom stereocenters. The molecule has 2 aromatic carbocycles. The third-order valence-corrected chi connectivity index (χ3v) is 7.13. The predicted octanol–water partition coefficient (Wildman–Crippen LogP) is 12.8. The van der Waals surface area contributed by atoms with E-state index >= 15 is 0 Å². The number of halogens is 12. The molecule has 2 N–H and O–H groups in total. The molecule has 4 nitrogen and oxygen atoms in total. The van der Waals surface area contributed by atoms with Crippen molar-refractivity contribution in [3.8, 4) is 0 Å². The number of carbonyl (C=O) groups excluding carboxylic acids is 1. The molecule has 0 radical (unpaired) electrons. The standard InChI is InChI=1S/C13H10Br2F2N2.C13H7Br2F2NO.CH3I.CH4.3HI.V/c14-10-1-2-12(15)19-13(10)11(18)5-7-3-8(16)6-9(17)4-7;14-10-1-2-12(15)18-13(10)11(19)5-7-3-8(16)6-9(17)4-7;1-2;;;;;/h1-4,6,11H,5,18H2;1-4,6H,5H2;1H3;1H4;3*1H;/q;;;;;;;+3/p-3/t11-;;;;;;;/m0......./s1. The van der Waals surface area contributed by atoms with Gasteiger partial charge in [-0.15, -0.1) is 0 Å². The summed E-state index contributed by atoms with van der Waals surface area (Å²) >= 11 is 22.6. The Morgan fingerprint density at radius 3 is 1.62 bits per heavy atom. The number of nitrogens with two attached hydrogens (primary N) is 1. The number of alkyl halides is 1. The van der Waals surface area contributed by atoms with Crippen molar-refractivity contribution in [2.24, 2.45) is 5.73 Å². The molecule has 17 heteroatoms. The van der Waals surface area contributed by atoms with Gasteiger partial charge in [-0.1, -0.05) is 30.0 Å². The van der Waals surface area contributed by atoms with Gasteiger partial charge in [-0.25, -0.2) is 27.5 Å². The van der Waals surface area contributed by atoms with E-state index in [0.717, 1.165) is 28.7 Å². The molecule has 2 aromatic heterocycles. The summed E-state index contributed by atoms with van der Waals surface area (Å²) in [5.74, 6) is -2.95. The Bertz CT molecular complexity index is 1500. The Kier molecular flexibility index (Phi) is 25.5. The fourth-order valence-corrected chi connectivity index (χ4v) is 4.96. The van der Waals surface area contributed by atoms with Gasteiger partial charge in [0.2, 0.25) is 0 Å². The molecule has 0 aliphatic carbocycles. The zero-order valence-electron chi connectivity index (χ0n) is 22.1. The van der Waals surface area contributed by atoms with Gasteiger partial charge < -0.3 is 5.73 Å². The van der Waals surface area contributed by atoms with Crippen LogP contribution in [0.3, 0.4) is 0 Å². The fraction of sp³-hybridized carbons (Fsp3) is 0.179. The quantitative estimate of drug-likeness (QED) is 0.0687. The van der Waals surface area contributed by atoms with Crippen LogP contribution in [-0.2, 0) is 17.8 Å². The van der Waals surface area contributed by atoms with Crippen molar-refractivity contribution >= 4 is 152 Å². The molecule has 4 aromatic rings. The van der Waals surface area contributed by atoms with E-state index in [-0.39, 0.29) is 35.8 Å². The molecule has 0 saturated heterocycles. The first-order chi connectivity index (χ1) is 20.6. The van der Waals surface area contributed by atoms with E-state index in [9.17, 15) is 22.4 Å². The molecule has 0 aliphatic heterocycles. The molecule has 2 heterocycles. The Morgan fingerprint density at radius 1 is 0.756 bits per heavy atom. The van der Waals surface area contributed by atoms with Crippen molar-refractivity contribution in [1.29, 1.82) is 0 Å². The van der Waals surface area contributed by atoms with E-state index in [1.165, 1.54) is 12.1 Å². The van der Waals surface area contributed by atoms with Gasteiger partial charge in [0, 0.05) is 27.5 Å². The van der Waals surface area contributed by atoms with Crippen molar-refractivity contribution in [1.82, 2.24) is 9.97 Å². The van der Waals surface area contributed by atoms with Crippen molar-refractivity contribution in [2.45, 2.75) is 26.3 Å². The topological polar surface area (TPSA) is 68.9 Å². The molecule has 4 rings (SSSR count). The van der Waals surface area contributed by atoms with E-state index < -0.39 is 29.3 Å². The van der Waals surface area contributed by atoms with Crippen LogP contribution >= 0.6 is 146 Å². The number of hydrogen-bond donors (Lipinski definition) is 1. The van der Waals surface area contributed by atoms with Crippen LogP contribution in [0.2, 0.25) is 0 Å². The Morgan fingerprint density at radius 2 is 1.16 bits per heavy atom. The molecule has 0 amide bonds. The summed E-state index contributed by atoms with van der Waals surface area (Å²) in [6, 6.07) is 12.9. The second kappa shape index (κ2) is 24.6. The first-order valence-electron chi connectivity index (χ1n) is 11.6. The second-order valence-corrected chi connectivity index (χ2v) is 46.8. The number of rotatable bonds is 6. The molecule has 0 spiro atoms. The van der Waals surface area contributed by atoms with Gasteiger partial charge in [0.1, 0.15) is 38.2 Å². The SMILES string of the molecule is C.CI.N[C@@H](Cc1cc(F)cc(F)c1)c1nc(Br)ccc1Br.O=C(Cc1cc(F)cc(F)c1)c1nc(Br)ccc1Br.[I][V]([I])[I]. The minimum absolute atomic E-state index is 0. The summed E-state index contributed by atoms with van der Waals surface area (Å²) < 4.78 is 54.8. The van der Waals surface area contributed by atoms with Gasteiger partial charge in [-0.3, -0.25) is 4.79 Å². The second-order valence-electron chi connectivity index (χ2n) is 8.12. The van der Waals surface area contributed by atoms with Crippen LogP contribution in [0.15, 0.2) is 78.8 Å². The van der Waals surface area contributed by atoms with Crippen LogP contribution < -0.4 is 5.73 Å². The zero-order chi connectivity index (χ0) is 33.6. The summed E-state index contributed by atoms with van der Waals surface area (Å²) in [4.78, 5) is 22.1. The minimum atomic E-state index is -0.705. The van der Waals surface area contributed by atoms with Crippen molar-refractivity contribution in [3.05, 3.63) is 125 Å². The van der Waals surface area contributed by atoms with Gasteiger partial charge >= 0.3 is 64.9 Å². The summed E-state index contributed by atoms with van der Waals surface area (Å²) in [5, 5.41) is 0. The van der Waals surface area contributed by atoms with Crippen LogP contribution in [0.4, 0.5) is 17.6 Å². The molecule has 45 heavy (non-hydrogen) atoms. The number of hydrogen-bond acceptors (Lipinski definition) is 4. The van der Waals surface area contributed by atoms with Gasteiger partial charge in [0.15, 0.2) is 5.78 Å². The molecule has 0 aliphatic rings. The van der Waals surface area contributed by atoms with E-state index in [1.54, 1.807) is 18.2 Å². The summed E-state index contributed by atoms with van der Waals surface area (Å²) in [5.41, 5.74) is 7.67. The summed E-state index contributed by atoms with van der Waals surface area (Å²) in [7, 11) is 0. The van der Waals surface area contributed by atoms with Crippen LogP contribution in [-0.4, -0.2) is 20.7 Å². The number of aromatic nitrogens is 2. The average Bonchev–Trinajstić information content (AvgIpc) is 2.91. The third-order valence-electron chi connectivity index (χ3n) is 4.93. The van der Waals surface area contributed by atoms with Gasteiger partial charge in [0.25, 0.3) is 0 Å². The number of carbonyl (C=O) groups is 1. The van der Waals surface area contributed by atoms with Crippen LogP contribution in [0.5, 0.6) is 0 Å². The average molecular weight is 1370 g/mol. The number of ketones is 1. The number of benzene rings is 2. The van der Waals surface area contributed by atoms with Crippen molar-refractivity contribution < 1.29 is 27.3 Å². The number of pyridine rings is 2. The molecule has 1 atom stereocenters. The molecular formula is C28H24Br4F4I4N3OV. The Hall–Kier alpha value is 1.51. The van der Waals surface area contributed by atoms with Gasteiger partial charge in [0.05, 0.1) is 11.7 Å². The first kappa shape index (κ1) is 46.5. The third kappa shape index (κ3) is 18.9. The maximum absolute atomic E-state index is 13.1. The normalized spacial score (nSPS) is 10.6. The maximum atomic E-state index is 13.1. The van der Waals surface area contributed by atoms with Gasteiger partial charge in [-0.05, 0) is 135 Å². The Balaban J connectivity index is 0.000000719. The van der Waals surface area contributed by atoms with Crippen LogP contribution in [0.1, 0.15) is 40.8 Å². The number of Topliss-reactive ketones (excluding diaryl/α,β-unsaturated/α-hetero) is 1. The summed E-state index contributed by atoms with van der Waals surface area (Å²) in [6.07, 6.45) is 0.188.